The Morgan fingerprint density at radius 1 is 1.44 bits per heavy atom. The molecule has 0 heterocycles. The summed E-state index contributed by atoms with van der Waals surface area (Å²) in [6, 6.07) is 5.49. The van der Waals surface area contributed by atoms with Crippen LogP contribution in [0.25, 0.3) is 0 Å². The van der Waals surface area contributed by atoms with Gasteiger partial charge in [0.2, 0.25) is 5.91 Å². The van der Waals surface area contributed by atoms with Crippen LogP contribution in [0, 0.1) is 8.99 Å². The predicted octanol–water partition coefficient (Wildman–Crippen LogP) is 2.30. The number of rotatable bonds is 4. The number of carbonyl (C=O) groups is 2. The highest BCUT2D eigenvalue weighted by atomic mass is 127. The van der Waals surface area contributed by atoms with E-state index in [0.29, 0.717) is 5.56 Å². The fraction of sp³-hybridized carbons (Fsp3) is 0.333. The van der Waals surface area contributed by atoms with E-state index < -0.39 is 11.3 Å². The van der Waals surface area contributed by atoms with Gasteiger partial charge >= 0.3 is 0 Å². The van der Waals surface area contributed by atoms with Crippen molar-refractivity contribution in [3.63, 3.8) is 0 Å². The third-order valence-electron chi connectivity index (χ3n) is 2.53. The van der Waals surface area contributed by atoms with Crippen LogP contribution >= 0.6 is 38.5 Å². The molecular weight excluding hydrogens is 411 g/mol. The Labute approximate surface area is 128 Å². The fourth-order valence-corrected chi connectivity index (χ4v) is 2.07. The van der Waals surface area contributed by atoms with Crippen molar-refractivity contribution in [1.82, 2.24) is 5.32 Å². The minimum absolute atomic E-state index is 0.207. The van der Waals surface area contributed by atoms with Crippen molar-refractivity contribution in [2.75, 3.05) is 6.54 Å². The maximum atomic E-state index is 12.0. The van der Waals surface area contributed by atoms with Crippen LogP contribution < -0.4 is 11.1 Å². The number of nitrogens with one attached hydrogen (secondary N) is 1. The van der Waals surface area contributed by atoms with Crippen LogP contribution in [0.3, 0.4) is 0 Å². The zero-order valence-corrected chi connectivity index (χ0v) is 13.8. The number of benzene rings is 1. The SMILES string of the molecule is CC(C)(CNC(=O)c1cc(I)ccc1Br)C(N)=O. The summed E-state index contributed by atoms with van der Waals surface area (Å²) >= 11 is 5.46. The summed E-state index contributed by atoms with van der Waals surface area (Å²) < 4.78 is 1.69. The van der Waals surface area contributed by atoms with Gasteiger partial charge in [-0.05, 0) is 70.6 Å². The Hall–Kier alpha value is -0.630. The van der Waals surface area contributed by atoms with Crippen LogP contribution in [0.4, 0.5) is 0 Å². The first-order valence-electron chi connectivity index (χ1n) is 5.27. The molecule has 0 aromatic heterocycles. The molecule has 1 aromatic carbocycles. The number of nitrogens with two attached hydrogens (primary N) is 1. The Bertz CT molecular complexity index is 489. The van der Waals surface area contributed by atoms with Gasteiger partial charge in [0.1, 0.15) is 0 Å². The smallest absolute Gasteiger partial charge is 0.252 e. The van der Waals surface area contributed by atoms with E-state index in [9.17, 15) is 9.59 Å². The lowest BCUT2D eigenvalue weighted by atomic mass is 9.92. The van der Waals surface area contributed by atoms with E-state index in [2.05, 4.69) is 43.8 Å². The first-order chi connectivity index (χ1) is 8.24. The van der Waals surface area contributed by atoms with E-state index in [0.717, 1.165) is 8.04 Å². The molecule has 6 heteroatoms. The van der Waals surface area contributed by atoms with Crippen molar-refractivity contribution < 1.29 is 9.59 Å². The largest absolute Gasteiger partial charge is 0.369 e. The highest BCUT2D eigenvalue weighted by Crippen LogP contribution is 2.20. The molecule has 18 heavy (non-hydrogen) atoms. The average molecular weight is 425 g/mol. The van der Waals surface area contributed by atoms with E-state index in [-0.39, 0.29) is 12.5 Å². The fourth-order valence-electron chi connectivity index (χ4n) is 1.16. The van der Waals surface area contributed by atoms with Crippen LogP contribution in [0.5, 0.6) is 0 Å². The molecule has 0 atom stereocenters. The van der Waals surface area contributed by atoms with Crippen LogP contribution in [0.2, 0.25) is 0 Å². The standard InChI is InChI=1S/C12H14BrIN2O2/c1-12(2,11(15)18)6-16-10(17)8-5-7(14)3-4-9(8)13/h3-5H,6H2,1-2H3,(H2,15,18)(H,16,17). The first-order valence-corrected chi connectivity index (χ1v) is 7.14. The maximum Gasteiger partial charge on any atom is 0.252 e. The Balaban J connectivity index is 2.78. The molecule has 0 bridgehead atoms. The molecule has 0 fully saturated rings. The first kappa shape index (κ1) is 15.4. The van der Waals surface area contributed by atoms with E-state index in [4.69, 9.17) is 5.73 Å². The lowest BCUT2D eigenvalue weighted by Gasteiger charge is -2.20. The highest BCUT2D eigenvalue weighted by molar-refractivity contribution is 14.1. The molecule has 0 aliphatic rings. The van der Waals surface area contributed by atoms with Crippen molar-refractivity contribution in [3.8, 4) is 0 Å². The van der Waals surface area contributed by atoms with Gasteiger partial charge < -0.3 is 11.1 Å². The topological polar surface area (TPSA) is 72.2 Å². The number of carbonyl (C=O) groups excluding carboxylic acids is 2. The summed E-state index contributed by atoms with van der Waals surface area (Å²) in [5.74, 6) is -0.667. The third kappa shape index (κ3) is 3.94. The maximum absolute atomic E-state index is 12.0. The molecular formula is C12H14BrIN2O2. The number of hydrogen-bond donors (Lipinski definition) is 2. The van der Waals surface area contributed by atoms with Gasteiger partial charge in [-0.3, -0.25) is 9.59 Å². The molecule has 0 spiro atoms. The van der Waals surface area contributed by atoms with E-state index in [1.165, 1.54) is 0 Å². The molecule has 1 aromatic rings. The second-order valence-electron chi connectivity index (χ2n) is 4.55. The molecule has 0 aliphatic carbocycles. The summed E-state index contributed by atoms with van der Waals surface area (Å²) in [7, 11) is 0. The Morgan fingerprint density at radius 2 is 2.06 bits per heavy atom. The molecule has 0 saturated heterocycles. The molecule has 1 rings (SSSR count). The van der Waals surface area contributed by atoms with Gasteiger partial charge in [0.15, 0.2) is 0 Å². The van der Waals surface area contributed by atoms with E-state index in [1.807, 2.05) is 12.1 Å². The summed E-state index contributed by atoms with van der Waals surface area (Å²) in [5, 5.41) is 2.72. The number of amides is 2. The summed E-state index contributed by atoms with van der Waals surface area (Å²) in [4.78, 5) is 23.1. The van der Waals surface area contributed by atoms with Crippen molar-refractivity contribution in [3.05, 3.63) is 31.8 Å². The van der Waals surface area contributed by atoms with Crippen molar-refractivity contribution in [2.24, 2.45) is 11.1 Å². The Morgan fingerprint density at radius 3 is 2.61 bits per heavy atom. The monoisotopic (exact) mass is 424 g/mol. The van der Waals surface area contributed by atoms with Gasteiger partial charge in [0, 0.05) is 14.6 Å². The van der Waals surface area contributed by atoms with Gasteiger partial charge in [-0.15, -0.1) is 0 Å². The zero-order valence-electron chi connectivity index (χ0n) is 10.1. The number of hydrogen-bond acceptors (Lipinski definition) is 2. The lowest BCUT2D eigenvalue weighted by Crippen LogP contribution is -2.42. The Kier molecular flexibility index (Phi) is 5.15. The minimum Gasteiger partial charge on any atom is -0.369 e. The molecule has 0 aliphatic heterocycles. The van der Waals surface area contributed by atoms with Gasteiger partial charge in [-0.1, -0.05) is 0 Å². The minimum atomic E-state index is -0.760. The number of primary amides is 1. The van der Waals surface area contributed by atoms with E-state index in [1.54, 1.807) is 19.9 Å². The number of halogens is 2. The van der Waals surface area contributed by atoms with Crippen LogP contribution in [0.15, 0.2) is 22.7 Å². The van der Waals surface area contributed by atoms with Crippen molar-refractivity contribution in [1.29, 1.82) is 0 Å². The highest BCUT2D eigenvalue weighted by Gasteiger charge is 2.25. The summed E-state index contributed by atoms with van der Waals surface area (Å²) in [5.41, 5.74) is 5.03. The molecule has 3 N–H and O–H groups in total. The van der Waals surface area contributed by atoms with Gasteiger partial charge in [-0.2, -0.15) is 0 Å². The third-order valence-corrected chi connectivity index (χ3v) is 3.89. The molecule has 0 saturated carbocycles. The predicted molar refractivity (Wildman–Crippen MR) is 82.2 cm³/mol. The van der Waals surface area contributed by atoms with E-state index >= 15 is 0 Å². The average Bonchev–Trinajstić information content (AvgIpc) is 2.29. The molecule has 4 nitrogen and oxygen atoms in total. The van der Waals surface area contributed by atoms with Crippen LogP contribution in [0.1, 0.15) is 24.2 Å². The quantitative estimate of drug-likeness (QED) is 0.728. The van der Waals surface area contributed by atoms with Gasteiger partial charge in [-0.25, -0.2) is 0 Å². The second-order valence-corrected chi connectivity index (χ2v) is 6.65. The molecule has 0 radical (unpaired) electrons. The molecule has 2 amide bonds. The second kappa shape index (κ2) is 6.01. The van der Waals surface area contributed by atoms with Crippen LogP contribution in [-0.4, -0.2) is 18.4 Å². The van der Waals surface area contributed by atoms with Crippen molar-refractivity contribution in [2.45, 2.75) is 13.8 Å². The van der Waals surface area contributed by atoms with Crippen molar-refractivity contribution >= 4 is 50.3 Å². The summed E-state index contributed by atoms with van der Waals surface area (Å²) in [6.45, 7) is 3.60. The van der Waals surface area contributed by atoms with Crippen LogP contribution in [-0.2, 0) is 4.79 Å². The zero-order chi connectivity index (χ0) is 13.9. The molecule has 98 valence electrons. The lowest BCUT2D eigenvalue weighted by molar-refractivity contribution is -0.125. The molecule has 0 unspecified atom stereocenters. The van der Waals surface area contributed by atoms with Gasteiger partial charge in [0.25, 0.3) is 5.91 Å². The normalized spacial score (nSPS) is 11.1. The van der Waals surface area contributed by atoms with Gasteiger partial charge in [0.05, 0.1) is 11.0 Å². The summed E-state index contributed by atoms with van der Waals surface area (Å²) in [6.07, 6.45) is 0.